The highest BCUT2D eigenvalue weighted by Crippen LogP contribution is 2.43. The number of aryl methyl sites for hydroxylation is 1. The van der Waals surface area contributed by atoms with Crippen LogP contribution in [-0.4, -0.2) is 28.8 Å². The van der Waals surface area contributed by atoms with Crippen molar-refractivity contribution in [2.75, 3.05) is 18.1 Å². The van der Waals surface area contributed by atoms with E-state index in [1.54, 1.807) is 0 Å². The predicted octanol–water partition coefficient (Wildman–Crippen LogP) is 3.97. The molecule has 2 aliphatic heterocycles. The fourth-order valence-electron chi connectivity index (χ4n) is 3.65. The van der Waals surface area contributed by atoms with Gasteiger partial charge < -0.3 is 9.84 Å². The highest BCUT2D eigenvalue weighted by atomic mass is 32.2. The Kier molecular flexibility index (Phi) is 4.92. The van der Waals surface area contributed by atoms with Gasteiger partial charge in [-0.25, -0.2) is 0 Å². The van der Waals surface area contributed by atoms with Crippen LogP contribution in [0.2, 0.25) is 0 Å². The lowest BCUT2D eigenvalue weighted by Gasteiger charge is -2.44. The van der Waals surface area contributed by atoms with Gasteiger partial charge in [0.2, 0.25) is 0 Å². The molecule has 2 saturated heterocycles. The number of hydrogen-bond donors (Lipinski definition) is 1. The molecular weight excluding hydrogens is 280 g/mol. The van der Waals surface area contributed by atoms with Gasteiger partial charge in [0.15, 0.2) is 0 Å². The summed E-state index contributed by atoms with van der Waals surface area (Å²) in [6.45, 7) is 2.97. The number of thioether (sulfide) groups is 1. The quantitative estimate of drug-likeness (QED) is 0.916. The van der Waals surface area contributed by atoms with Crippen LogP contribution in [0.25, 0.3) is 0 Å². The van der Waals surface area contributed by atoms with E-state index in [4.69, 9.17) is 4.74 Å². The maximum atomic E-state index is 10.8. The number of ether oxygens (including phenoxy) is 1. The summed E-state index contributed by atoms with van der Waals surface area (Å²) >= 11 is 2.03. The molecule has 116 valence electrons. The fraction of sp³-hybridized carbons (Fsp3) is 0.667. The number of rotatable bonds is 3. The van der Waals surface area contributed by atoms with E-state index >= 15 is 0 Å². The smallest absolute Gasteiger partial charge is 0.0820 e. The molecule has 0 aromatic heterocycles. The molecule has 0 saturated carbocycles. The van der Waals surface area contributed by atoms with Crippen molar-refractivity contribution >= 4 is 11.8 Å². The highest BCUT2D eigenvalue weighted by Gasteiger charge is 2.40. The van der Waals surface area contributed by atoms with Crippen molar-refractivity contribution in [2.24, 2.45) is 5.92 Å². The largest absolute Gasteiger partial charge is 0.388 e. The molecule has 2 atom stereocenters. The topological polar surface area (TPSA) is 29.5 Å². The fourth-order valence-corrected chi connectivity index (χ4v) is 4.89. The highest BCUT2D eigenvalue weighted by molar-refractivity contribution is 7.99. The zero-order valence-corrected chi connectivity index (χ0v) is 13.7. The Hall–Kier alpha value is -0.510. The molecule has 0 amide bonds. The molecule has 21 heavy (non-hydrogen) atoms. The Morgan fingerprint density at radius 1 is 1.29 bits per heavy atom. The first kappa shape index (κ1) is 15.4. The molecule has 0 bridgehead atoms. The van der Waals surface area contributed by atoms with E-state index in [0.717, 1.165) is 44.3 Å². The molecule has 1 spiro atoms. The summed E-state index contributed by atoms with van der Waals surface area (Å²) < 4.78 is 6.13. The van der Waals surface area contributed by atoms with E-state index in [9.17, 15) is 5.11 Å². The molecule has 2 fully saturated rings. The summed E-state index contributed by atoms with van der Waals surface area (Å²) in [5, 5.41) is 10.8. The van der Waals surface area contributed by atoms with E-state index in [0.29, 0.717) is 5.92 Å². The molecule has 2 unspecified atom stereocenters. The molecule has 0 aliphatic carbocycles. The molecule has 0 radical (unpaired) electrons. The number of aliphatic hydroxyl groups excluding tert-OH is 1. The van der Waals surface area contributed by atoms with Crippen molar-refractivity contribution < 1.29 is 9.84 Å². The molecule has 1 aromatic carbocycles. The van der Waals surface area contributed by atoms with Gasteiger partial charge in [-0.05, 0) is 60.7 Å². The molecule has 2 aliphatic rings. The number of hydrogen-bond acceptors (Lipinski definition) is 3. The lowest BCUT2D eigenvalue weighted by atomic mass is 9.78. The van der Waals surface area contributed by atoms with Gasteiger partial charge in [-0.2, -0.15) is 11.8 Å². The van der Waals surface area contributed by atoms with Gasteiger partial charge in [0.1, 0.15) is 0 Å². The zero-order chi connectivity index (χ0) is 14.7. The Bertz CT molecular complexity index is 445. The third kappa shape index (κ3) is 3.46. The summed E-state index contributed by atoms with van der Waals surface area (Å²) in [5.41, 5.74) is 2.46. The third-order valence-corrected chi connectivity index (χ3v) is 6.10. The summed E-state index contributed by atoms with van der Waals surface area (Å²) in [7, 11) is 0. The molecule has 1 aromatic rings. The Balaban J connectivity index is 1.69. The first-order valence-electron chi connectivity index (χ1n) is 8.21. The maximum Gasteiger partial charge on any atom is 0.0820 e. The Morgan fingerprint density at radius 3 is 2.67 bits per heavy atom. The van der Waals surface area contributed by atoms with E-state index in [-0.39, 0.29) is 11.7 Å². The molecule has 2 heterocycles. The van der Waals surface area contributed by atoms with Crippen LogP contribution >= 0.6 is 11.8 Å². The minimum Gasteiger partial charge on any atom is -0.388 e. The normalized spacial score (nSPS) is 26.7. The SMILES string of the molecule is CCc1ccc(C(O)C2CCOC3(CCSCC3)C2)cc1. The van der Waals surface area contributed by atoms with Crippen molar-refractivity contribution in [3.05, 3.63) is 35.4 Å². The van der Waals surface area contributed by atoms with Crippen molar-refractivity contribution in [2.45, 2.75) is 50.7 Å². The Morgan fingerprint density at radius 2 is 2.00 bits per heavy atom. The summed E-state index contributed by atoms with van der Waals surface area (Å²) in [4.78, 5) is 0. The number of benzene rings is 1. The van der Waals surface area contributed by atoms with Crippen LogP contribution in [0.1, 0.15) is 49.8 Å². The average molecular weight is 306 g/mol. The second-order valence-corrected chi connectivity index (χ2v) is 7.66. The summed E-state index contributed by atoms with van der Waals surface area (Å²) in [6.07, 6.45) is 5.00. The zero-order valence-electron chi connectivity index (χ0n) is 12.9. The van der Waals surface area contributed by atoms with E-state index < -0.39 is 0 Å². The summed E-state index contributed by atoms with van der Waals surface area (Å²) in [6, 6.07) is 8.49. The standard InChI is InChI=1S/C18H26O2S/c1-2-14-3-5-15(6-4-14)17(19)16-7-10-20-18(13-16)8-11-21-12-9-18/h3-6,16-17,19H,2,7-13H2,1H3. The second kappa shape index (κ2) is 6.72. The van der Waals surface area contributed by atoms with Gasteiger partial charge in [0.25, 0.3) is 0 Å². The first-order chi connectivity index (χ1) is 10.2. The van der Waals surface area contributed by atoms with Crippen molar-refractivity contribution in [1.82, 2.24) is 0 Å². The molecule has 1 N–H and O–H groups in total. The molecule has 3 rings (SSSR count). The van der Waals surface area contributed by atoms with Gasteiger partial charge in [-0.1, -0.05) is 31.2 Å². The van der Waals surface area contributed by atoms with Gasteiger partial charge in [0, 0.05) is 6.61 Å². The Labute approximate surface area is 132 Å². The van der Waals surface area contributed by atoms with Crippen LogP contribution in [0.5, 0.6) is 0 Å². The first-order valence-corrected chi connectivity index (χ1v) is 9.36. The van der Waals surface area contributed by atoms with Gasteiger partial charge >= 0.3 is 0 Å². The molecule has 3 heteroatoms. The summed E-state index contributed by atoms with van der Waals surface area (Å²) in [5.74, 6) is 2.75. The lowest BCUT2D eigenvalue weighted by molar-refractivity contribution is -0.121. The minimum absolute atomic E-state index is 0.0541. The number of aliphatic hydroxyl groups is 1. The van der Waals surface area contributed by atoms with Crippen LogP contribution in [0.4, 0.5) is 0 Å². The van der Waals surface area contributed by atoms with Gasteiger partial charge in [-0.15, -0.1) is 0 Å². The monoisotopic (exact) mass is 306 g/mol. The van der Waals surface area contributed by atoms with E-state index in [1.165, 1.54) is 17.1 Å². The molecular formula is C18H26O2S. The van der Waals surface area contributed by atoms with Crippen LogP contribution < -0.4 is 0 Å². The van der Waals surface area contributed by atoms with Gasteiger partial charge in [-0.3, -0.25) is 0 Å². The minimum atomic E-state index is -0.341. The van der Waals surface area contributed by atoms with Crippen molar-refractivity contribution in [1.29, 1.82) is 0 Å². The third-order valence-electron chi connectivity index (χ3n) is 5.11. The van der Waals surface area contributed by atoms with Crippen LogP contribution in [0.15, 0.2) is 24.3 Å². The predicted molar refractivity (Wildman–Crippen MR) is 88.7 cm³/mol. The van der Waals surface area contributed by atoms with Crippen LogP contribution in [-0.2, 0) is 11.2 Å². The van der Waals surface area contributed by atoms with E-state index in [1.807, 2.05) is 11.8 Å². The van der Waals surface area contributed by atoms with Crippen molar-refractivity contribution in [3.63, 3.8) is 0 Å². The van der Waals surface area contributed by atoms with Crippen LogP contribution in [0.3, 0.4) is 0 Å². The van der Waals surface area contributed by atoms with Gasteiger partial charge in [0.05, 0.1) is 11.7 Å². The molecule has 2 nitrogen and oxygen atoms in total. The average Bonchev–Trinajstić information content (AvgIpc) is 2.55. The maximum absolute atomic E-state index is 10.8. The van der Waals surface area contributed by atoms with E-state index in [2.05, 4.69) is 31.2 Å². The second-order valence-electron chi connectivity index (χ2n) is 6.44. The van der Waals surface area contributed by atoms with Crippen molar-refractivity contribution in [3.8, 4) is 0 Å². The van der Waals surface area contributed by atoms with Crippen LogP contribution in [0, 0.1) is 5.92 Å². The lowest BCUT2D eigenvalue weighted by Crippen LogP contribution is -2.44.